The van der Waals surface area contributed by atoms with E-state index in [0.29, 0.717) is 24.5 Å². The molecule has 0 aromatic carbocycles. The summed E-state index contributed by atoms with van der Waals surface area (Å²) < 4.78 is 18.4. The Morgan fingerprint density at radius 1 is 1.69 bits per heavy atom. The average molecular weight is 249 g/mol. The van der Waals surface area contributed by atoms with Gasteiger partial charge < -0.3 is 4.74 Å². The zero-order valence-electron chi connectivity index (χ0n) is 9.71. The van der Waals surface area contributed by atoms with Crippen molar-refractivity contribution in [2.24, 2.45) is 11.8 Å². The first-order valence-electron chi connectivity index (χ1n) is 5.54. The van der Waals surface area contributed by atoms with E-state index in [1.54, 1.807) is 0 Å². The van der Waals surface area contributed by atoms with E-state index >= 15 is 0 Å². The van der Waals surface area contributed by atoms with Crippen molar-refractivity contribution in [2.45, 2.75) is 38.2 Å². The van der Waals surface area contributed by atoms with E-state index in [9.17, 15) is 9.18 Å². The molecule has 3 unspecified atom stereocenters. The number of allylic oxidation sites excluding steroid dienone is 1. The van der Waals surface area contributed by atoms with Crippen LogP contribution in [0, 0.1) is 11.8 Å². The molecule has 1 aliphatic carbocycles. The van der Waals surface area contributed by atoms with Crippen LogP contribution in [0.1, 0.15) is 26.7 Å². The number of esters is 1. The Kier molecular flexibility index (Phi) is 4.78. The molecule has 0 aliphatic heterocycles. The highest BCUT2D eigenvalue weighted by molar-refractivity contribution is 6.22. The van der Waals surface area contributed by atoms with E-state index in [1.165, 1.54) is 0 Å². The average Bonchev–Trinajstić information content (AvgIpc) is 2.20. The number of rotatable bonds is 3. The summed E-state index contributed by atoms with van der Waals surface area (Å²) in [5, 5.41) is -0.486. The van der Waals surface area contributed by atoms with Crippen molar-refractivity contribution in [2.75, 3.05) is 6.61 Å². The predicted molar refractivity (Wildman–Crippen MR) is 62.2 cm³/mol. The minimum atomic E-state index is -1.09. The Bertz CT molecular complexity index is 278. The molecule has 1 saturated carbocycles. The van der Waals surface area contributed by atoms with Crippen LogP contribution < -0.4 is 0 Å². The zero-order chi connectivity index (χ0) is 12.3. The quantitative estimate of drug-likeness (QED) is 0.436. The molecule has 0 spiro atoms. The predicted octanol–water partition coefficient (Wildman–Crippen LogP) is 3.10. The van der Waals surface area contributed by atoms with Crippen molar-refractivity contribution in [3.8, 4) is 0 Å². The lowest BCUT2D eigenvalue weighted by Gasteiger charge is -2.29. The Morgan fingerprint density at radius 3 is 2.88 bits per heavy atom. The fourth-order valence-corrected chi connectivity index (χ4v) is 2.00. The number of hydrogen-bond donors (Lipinski definition) is 0. The molecule has 0 amide bonds. The van der Waals surface area contributed by atoms with Crippen LogP contribution in [-0.2, 0) is 9.53 Å². The second kappa shape index (κ2) is 5.67. The molecule has 0 heterocycles. The minimum Gasteiger partial charge on any atom is -0.465 e. The van der Waals surface area contributed by atoms with Gasteiger partial charge in [-0.25, -0.2) is 4.39 Å². The molecule has 4 heteroatoms. The molecule has 1 rings (SSSR count). The van der Waals surface area contributed by atoms with Gasteiger partial charge in [-0.2, -0.15) is 0 Å². The smallest absolute Gasteiger partial charge is 0.310 e. The maximum Gasteiger partial charge on any atom is 0.310 e. The van der Waals surface area contributed by atoms with E-state index < -0.39 is 17.5 Å². The highest BCUT2D eigenvalue weighted by atomic mass is 35.5. The summed E-state index contributed by atoms with van der Waals surface area (Å²) in [5.41, 5.74) is 0.448. The van der Waals surface area contributed by atoms with Crippen molar-refractivity contribution < 1.29 is 13.9 Å². The monoisotopic (exact) mass is 248 g/mol. The second-order valence-electron chi connectivity index (χ2n) is 4.71. The van der Waals surface area contributed by atoms with E-state index in [0.717, 1.165) is 0 Å². The fourth-order valence-electron chi connectivity index (χ4n) is 1.65. The van der Waals surface area contributed by atoms with Crippen LogP contribution >= 0.6 is 11.6 Å². The number of alkyl halides is 2. The second-order valence-corrected chi connectivity index (χ2v) is 5.27. The third-order valence-corrected chi connectivity index (χ3v) is 3.14. The topological polar surface area (TPSA) is 26.3 Å². The standard InChI is InChI=1S/C12H18ClFO2/c1-7(2)6-16-12(15)9-4-8(3)11(14)5-10(9)13/h7,9-11H,3-6H2,1-2H3. The summed E-state index contributed by atoms with van der Waals surface area (Å²) >= 11 is 5.97. The number of ether oxygens (including phenoxy) is 1. The maximum atomic E-state index is 13.2. The Labute approximate surface area is 101 Å². The summed E-state index contributed by atoms with van der Waals surface area (Å²) in [6.07, 6.45) is -0.634. The van der Waals surface area contributed by atoms with Gasteiger partial charge in [0.15, 0.2) is 0 Å². The van der Waals surface area contributed by atoms with Crippen LogP contribution in [-0.4, -0.2) is 24.1 Å². The molecule has 3 atom stereocenters. The summed E-state index contributed by atoms with van der Waals surface area (Å²) in [7, 11) is 0. The van der Waals surface area contributed by atoms with Gasteiger partial charge in [0.2, 0.25) is 0 Å². The fraction of sp³-hybridized carbons (Fsp3) is 0.750. The van der Waals surface area contributed by atoms with Gasteiger partial charge in [0.05, 0.1) is 17.9 Å². The van der Waals surface area contributed by atoms with Gasteiger partial charge in [0.25, 0.3) is 0 Å². The molecule has 0 aromatic heterocycles. The van der Waals surface area contributed by atoms with Crippen LogP contribution in [0.2, 0.25) is 0 Å². The molecule has 0 saturated heterocycles. The largest absolute Gasteiger partial charge is 0.465 e. The molecule has 0 aromatic rings. The van der Waals surface area contributed by atoms with E-state index in [4.69, 9.17) is 16.3 Å². The van der Waals surface area contributed by atoms with E-state index in [2.05, 4.69) is 6.58 Å². The van der Waals surface area contributed by atoms with Crippen molar-refractivity contribution >= 4 is 17.6 Å². The van der Waals surface area contributed by atoms with Crippen LogP contribution in [0.5, 0.6) is 0 Å². The maximum absolute atomic E-state index is 13.2. The Morgan fingerprint density at radius 2 is 2.31 bits per heavy atom. The van der Waals surface area contributed by atoms with Crippen molar-refractivity contribution in [3.63, 3.8) is 0 Å². The van der Waals surface area contributed by atoms with Gasteiger partial charge >= 0.3 is 5.97 Å². The first-order valence-corrected chi connectivity index (χ1v) is 5.98. The van der Waals surface area contributed by atoms with Crippen LogP contribution in [0.3, 0.4) is 0 Å². The number of hydrogen-bond acceptors (Lipinski definition) is 2. The third kappa shape index (κ3) is 3.48. The first kappa shape index (κ1) is 13.5. The van der Waals surface area contributed by atoms with Crippen LogP contribution in [0.15, 0.2) is 12.2 Å². The molecule has 92 valence electrons. The van der Waals surface area contributed by atoms with E-state index in [1.807, 2.05) is 13.8 Å². The Hall–Kier alpha value is -0.570. The summed E-state index contributed by atoms with van der Waals surface area (Å²) in [6.45, 7) is 7.92. The molecule has 2 nitrogen and oxygen atoms in total. The third-order valence-electron chi connectivity index (χ3n) is 2.66. The normalized spacial score (nSPS) is 30.6. The van der Waals surface area contributed by atoms with Gasteiger partial charge in [-0.3, -0.25) is 4.79 Å². The van der Waals surface area contributed by atoms with Gasteiger partial charge in [0, 0.05) is 0 Å². The molecule has 0 radical (unpaired) electrons. The molecule has 16 heavy (non-hydrogen) atoms. The summed E-state index contributed by atoms with van der Waals surface area (Å²) in [6, 6.07) is 0. The number of halogens is 2. The lowest BCUT2D eigenvalue weighted by Crippen LogP contribution is -2.35. The van der Waals surface area contributed by atoms with Crippen molar-refractivity contribution in [1.29, 1.82) is 0 Å². The minimum absolute atomic E-state index is 0.155. The number of carbonyl (C=O) groups is 1. The van der Waals surface area contributed by atoms with Gasteiger partial charge in [-0.1, -0.05) is 20.4 Å². The van der Waals surface area contributed by atoms with Crippen molar-refractivity contribution in [1.82, 2.24) is 0 Å². The molecular weight excluding hydrogens is 231 g/mol. The van der Waals surface area contributed by atoms with Gasteiger partial charge in [-0.15, -0.1) is 11.6 Å². The molecule has 1 aliphatic rings. The van der Waals surface area contributed by atoms with Crippen molar-refractivity contribution in [3.05, 3.63) is 12.2 Å². The Balaban J connectivity index is 2.52. The summed E-state index contributed by atoms with van der Waals surface area (Å²) in [4.78, 5) is 11.7. The molecule has 0 bridgehead atoms. The lowest BCUT2D eigenvalue weighted by molar-refractivity contribution is -0.150. The van der Waals surface area contributed by atoms with Crippen LogP contribution in [0.4, 0.5) is 4.39 Å². The van der Waals surface area contributed by atoms with Crippen LogP contribution in [0.25, 0.3) is 0 Å². The highest BCUT2D eigenvalue weighted by Crippen LogP contribution is 2.34. The number of carbonyl (C=O) groups excluding carboxylic acids is 1. The van der Waals surface area contributed by atoms with Gasteiger partial charge in [-0.05, 0) is 24.3 Å². The SMILES string of the molecule is C=C1CC(C(=O)OCC(C)C)C(Cl)CC1F. The molecule has 1 fully saturated rings. The highest BCUT2D eigenvalue weighted by Gasteiger charge is 2.37. The first-order chi connectivity index (χ1) is 7.41. The summed E-state index contributed by atoms with van der Waals surface area (Å²) in [5.74, 6) is -0.486. The van der Waals surface area contributed by atoms with Gasteiger partial charge in [0.1, 0.15) is 6.17 Å². The zero-order valence-corrected chi connectivity index (χ0v) is 10.5. The lowest BCUT2D eigenvalue weighted by atomic mass is 9.84. The molecule has 0 N–H and O–H groups in total. The molecular formula is C12H18ClFO2. The van der Waals surface area contributed by atoms with E-state index in [-0.39, 0.29) is 12.4 Å².